The first-order chi connectivity index (χ1) is 9.47. The molecule has 2 amide bonds. The summed E-state index contributed by atoms with van der Waals surface area (Å²) in [5.41, 5.74) is -0.384. The third-order valence-electron chi connectivity index (χ3n) is 2.40. The van der Waals surface area contributed by atoms with Crippen LogP contribution in [0.25, 0.3) is 0 Å². The summed E-state index contributed by atoms with van der Waals surface area (Å²) in [5.74, 6) is -1.80. The van der Waals surface area contributed by atoms with Crippen LogP contribution in [0, 0.1) is 5.82 Å². The molecule has 0 saturated heterocycles. The van der Waals surface area contributed by atoms with E-state index in [1.54, 1.807) is 7.05 Å². The Balaban J connectivity index is 2.13. The number of anilines is 2. The molecular formula is C11H10FN5O3. The van der Waals surface area contributed by atoms with E-state index in [-0.39, 0.29) is 17.2 Å². The van der Waals surface area contributed by atoms with Gasteiger partial charge in [0.1, 0.15) is 12.1 Å². The Labute approximate surface area is 112 Å². The smallest absolute Gasteiger partial charge is 0.335 e. The molecule has 104 valence electrons. The van der Waals surface area contributed by atoms with Gasteiger partial charge in [-0.25, -0.2) is 18.7 Å². The number of nitrogens with zero attached hydrogens (tertiary/aromatic N) is 3. The first-order valence-electron chi connectivity index (χ1n) is 5.42. The average molecular weight is 279 g/mol. The fourth-order valence-electron chi connectivity index (χ4n) is 1.42. The summed E-state index contributed by atoms with van der Waals surface area (Å²) in [6.07, 6.45) is 1.24. The number of carboxylic acid groups (broad SMARTS) is 1. The molecule has 0 atom stereocenters. The van der Waals surface area contributed by atoms with Gasteiger partial charge in [0.05, 0.1) is 11.3 Å². The van der Waals surface area contributed by atoms with Gasteiger partial charge in [0.15, 0.2) is 0 Å². The number of carbonyl (C=O) groups excluding carboxylic acids is 1. The molecule has 0 fully saturated rings. The zero-order valence-corrected chi connectivity index (χ0v) is 10.3. The largest absolute Gasteiger partial charge is 0.478 e. The molecule has 0 unspecified atom stereocenters. The number of amides is 2. The molecule has 3 N–H and O–H groups in total. The number of rotatable bonds is 3. The maximum absolute atomic E-state index is 13.5. The number of carbonyl (C=O) groups is 2. The minimum atomic E-state index is -1.22. The van der Waals surface area contributed by atoms with E-state index >= 15 is 0 Å². The summed E-state index contributed by atoms with van der Waals surface area (Å²) in [6.45, 7) is 0. The summed E-state index contributed by atoms with van der Waals surface area (Å²) in [6, 6.07) is 2.32. The Morgan fingerprint density at radius 2 is 2.10 bits per heavy atom. The fourth-order valence-corrected chi connectivity index (χ4v) is 1.42. The van der Waals surface area contributed by atoms with Crippen LogP contribution < -0.4 is 10.6 Å². The van der Waals surface area contributed by atoms with Gasteiger partial charge in [-0.15, -0.1) is 0 Å². The molecule has 9 heteroatoms. The van der Waals surface area contributed by atoms with Gasteiger partial charge >= 0.3 is 12.0 Å². The van der Waals surface area contributed by atoms with Crippen molar-refractivity contribution in [1.82, 2.24) is 14.8 Å². The highest BCUT2D eigenvalue weighted by Crippen LogP contribution is 2.16. The number of halogens is 1. The second-order valence-corrected chi connectivity index (χ2v) is 3.79. The minimum absolute atomic E-state index is 0.139. The van der Waals surface area contributed by atoms with E-state index in [4.69, 9.17) is 5.11 Å². The molecule has 1 aromatic carbocycles. The molecule has 0 saturated carbocycles. The summed E-state index contributed by atoms with van der Waals surface area (Å²) in [4.78, 5) is 26.2. The van der Waals surface area contributed by atoms with Gasteiger partial charge < -0.3 is 10.4 Å². The first kappa shape index (κ1) is 13.5. The van der Waals surface area contributed by atoms with Gasteiger partial charge in [-0.3, -0.25) is 5.32 Å². The lowest BCUT2D eigenvalue weighted by atomic mass is 10.2. The Hall–Kier alpha value is -2.97. The number of hydrogen-bond acceptors (Lipinski definition) is 4. The zero-order valence-electron chi connectivity index (χ0n) is 10.3. The first-order valence-corrected chi connectivity index (χ1v) is 5.42. The second kappa shape index (κ2) is 5.34. The van der Waals surface area contributed by atoms with E-state index in [0.29, 0.717) is 0 Å². The predicted molar refractivity (Wildman–Crippen MR) is 67.0 cm³/mol. The van der Waals surface area contributed by atoms with Crippen molar-refractivity contribution in [3.8, 4) is 0 Å². The van der Waals surface area contributed by atoms with E-state index < -0.39 is 17.8 Å². The van der Waals surface area contributed by atoms with Gasteiger partial charge in [0.25, 0.3) is 0 Å². The fraction of sp³-hybridized carbons (Fsp3) is 0.0909. The third kappa shape index (κ3) is 2.88. The quantitative estimate of drug-likeness (QED) is 0.784. The number of nitrogens with one attached hydrogen (secondary N) is 2. The number of aromatic carboxylic acids is 1. The SMILES string of the molecule is Cn1ncnc1NC(=O)Nc1cc(C(=O)O)ccc1F. The van der Waals surface area contributed by atoms with Crippen LogP contribution in [0.3, 0.4) is 0 Å². The highest BCUT2D eigenvalue weighted by molar-refractivity contribution is 5.99. The lowest BCUT2D eigenvalue weighted by Gasteiger charge is -2.08. The van der Waals surface area contributed by atoms with Crippen LogP contribution >= 0.6 is 0 Å². The maximum atomic E-state index is 13.5. The van der Waals surface area contributed by atoms with Crippen molar-refractivity contribution < 1.29 is 19.1 Å². The molecule has 0 aliphatic heterocycles. The van der Waals surface area contributed by atoms with Gasteiger partial charge in [-0.1, -0.05) is 0 Å². The van der Waals surface area contributed by atoms with E-state index in [0.717, 1.165) is 18.2 Å². The Bertz CT molecular complexity index is 670. The molecule has 1 heterocycles. The van der Waals surface area contributed by atoms with Crippen LogP contribution in [0.1, 0.15) is 10.4 Å². The van der Waals surface area contributed by atoms with Crippen molar-refractivity contribution in [2.24, 2.45) is 7.05 Å². The molecule has 0 bridgehead atoms. The van der Waals surface area contributed by atoms with Crippen molar-refractivity contribution in [2.75, 3.05) is 10.6 Å². The van der Waals surface area contributed by atoms with E-state index in [2.05, 4.69) is 20.7 Å². The number of aromatic nitrogens is 3. The van der Waals surface area contributed by atoms with Crippen LogP contribution in [0.2, 0.25) is 0 Å². The molecule has 8 nitrogen and oxygen atoms in total. The van der Waals surface area contributed by atoms with Crippen LogP contribution in [0.4, 0.5) is 20.8 Å². The normalized spacial score (nSPS) is 10.1. The topological polar surface area (TPSA) is 109 Å². The van der Waals surface area contributed by atoms with Crippen molar-refractivity contribution in [3.05, 3.63) is 35.9 Å². The second-order valence-electron chi connectivity index (χ2n) is 3.79. The molecule has 0 radical (unpaired) electrons. The number of benzene rings is 1. The maximum Gasteiger partial charge on any atom is 0.335 e. The monoisotopic (exact) mass is 279 g/mol. The Morgan fingerprint density at radius 3 is 2.70 bits per heavy atom. The molecule has 20 heavy (non-hydrogen) atoms. The average Bonchev–Trinajstić information content (AvgIpc) is 2.77. The molecule has 1 aromatic heterocycles. The van der Waals surface area contributed by atoms with Crippen LogP contribution in [0.5, 0.6) is 0 Å². The van der Waals surface area contributed by atoms with Crippen LogP contribution in [-0.4, -0.2) is 31.9 Å². The predicted octanol–water partition coefficient (Wildman–Crippen LogP) is 1.30. The third-order valence-corrected chi connectivity index (χ3v) is 2.40. The standard InChI is InChI=1S/C11H10FN5O3/c1-17-10(13-5-14-17)16-11(20)15-8-4-6(9(18)19)2-3-7(8)12/h2-5H,1H3,(H,18,19)(H2,13,14,15,16,20). The minimum Gasteiger partial charge on any atom is -0.478 e. The molecular weight excluding hydrogens is 269 g/mol. The zero-order chi connectivity index (χ0) is 14.7. The molecule has 0 aliphatic carbocycles. The van der Waals surface area contributed by atoms with Gasteiger partial charge in [-0.05, 0) is 18.2 Å². The molecule has 2 aromatic rings. The van der Waals surface area contributed by atoms with Crippen molar-refractivity contribution in [1.29, 1.82) is 0 Å². The van der Waals surface area contributed by atoms with Crippen molar-refractivity contribution >= 4 is 23.6 Å². The summed E-state index contributed by atoms with van der Waals surface area (Å²) < 4.78 is 14.8. The number of carboxylic acids is 1. The molecule has 0 aliphatic rings. The number of aryl methyl sites for hydroxylation is 1. The summed E-state index contributed by atoms with van der Waals surface area (Å²) >= 11 is 0. The van der Waals surface area contributed by atoms with Crippen molar-refractivity contribution in [2.45, 2.75) is 0 Å². The lowest BCUT2D eigenvalue weighted by Crippen LogP contribution is -2.22. The van der Waals surface area contributed by atoms with Gasteiger partial charge in [0, 0.05) is 7.05 Å². The molecule has 2 rings (SSSR count). The van der Waals surface area contributed by atoms with Gasteiger partial charge in [-0.2, -0.15) is 10.1 Å². The summed E-state index contributed by atoms with van der Waals surface area (Å²) in [5, 5.41) is 17.1. The highest BCUT2D eigenvalue weighted by atomic mass is 19.1. The van der Waals surface area contributed by atoms with Crippen LogP contribution in [-0.2, 0) is 7.05 Å². The van der Waals surface area contributed by atoms with Crippen LogP contribution in [0.15, 0.2) is 24.5 Å². The Morgan fingerprint density at radius 1 is 1.35 bits per heavy atom. The summed E-state index contributed by atoms with van der Waals surface area (Å²) in [7, 11) is 1.56. The van der Waals surface area contributed by atoms with Crippen molar-refractivity contribution in [3.63, 3.8) is 0 Å². The van der Waals surface area contributed by atoms with Gasteiger partial charge in [0.2, 0.25) is 5.95 Å². The lowest BCUT2D eigenvalue weighted by molar-refractivity contribution is 0.0697. The highest BCUT2D eigenvalue weighted by Gasteiger charge is 2.12. The number of hydrogen-bond donors (Lipinski definition) is 3. The van der Waals surface area contributed by atoms with E-state index in [1.165, 1.54) is 11.0 Å². The van der Waals surface area contributed by atoms with E-state index in [9.17, 15) is 14.0 Å². The molecule has 0 spiro atoms. The number of urea groups is 1. The van der Waals surface area contributed by atoms with E-state index in [1.807, 2.05) is 0 Å². The Kier molecular flexibility index (Phi) is 3.60.